The zero-order valence-electron chi connectivity index (χ0n) is 17.3. The van der Waals surface area contributed by atoms with E-state index in [1.54, 1.807) is 12.1 Å². The molecule has 0 aliphatic heterocycles. The van der Waals surface area contributed by atoms with E-state index in [1.165, 1.54) is 24.3 Å². The quantitative estimate of drug-likeness (QED) is 0.299. The molecule has 3 N–H and O–H groups in total. The Morgan fingerprint density at radius 3 is 2.09 bits per heavy atom. The van der Waals surface area contributed by atoms with Crippen LogP contribution in [0, 0.1) is 6.92 Å². The standard InChI is InChI=1S/C19H25N3O8S2/c1-15-14-17(22(8-10-23)9-11-24)4-7-19(15)21-20-16-2-5-18(6-3-16)31(25,26)13-12-30-32(27,28)29/h2-7,14,23-24H,8-13H2,1H3,(H,27,28,29). The van der Waals surface area contributed by atoms with E-state index in [-0.39, 0.29) is 18.1 Å². The lowest BCUT2D eigenvalue weighted by Crippen LogP contribution is -2.29. The minimum atomic E-state index is -4.70. The summed E-state index contributed by atoms with van der Waals surface area (Å²) in [6, 6.07) is 11.0. The SMILES string of the molecule is Cc1cc(N(CCO)CCO)ccc1N=Nc1ccc(S(=O)(=O)CCOS(=O)(=O)O)cc1. The van der Waals surface area contributed by atoms with Crippen molar-refractivity contribution in [3.63, 3.8) is 0 Å². The Morgan fingerprint density at radius 2 is 1.56 bits per heavy atom. The molecule has 0 saturated heterocycles. The third kappa shape index (κ3) is 7.93. The molecule has 2 aromatic carbocycles. The maximum Gasteiger partial charge on any atom is 0.397 e. The van der Waals surface area contributed by atoms with Gasteiger partial charge in [-0.3, -0.25) is 4.55 Å². The third-order valence-electron chi connectivity index (χ3n) is 4.34. The fourth-order valence-corrected chi connectivity index (χ4v) is 4.25. The van der Waals surface area contributed by atoms with Crippen LogP contribution in [-0.2, 0) is 24.4 Å². The number of nitrogens with zero attached hydrogens (tertiary/aromatic N) is 3. The first-order valence-corrected chi connectivity index (χ1v) is 12.5. The number of rotatable bonds is 12. The van der Waals surface area contributed by atoms with Crippen LogP contribution in [0.2, 0.25) is 0 Å². The van der Waals surface area contributed by atoms with Crippen molar-refractivity contribution in [3.05, 3.63) is 48.0 Å². The number of benzene rings is 2. The van der Waals surface area contributed by atoms with Crippen LogP contribution in [0.5, 0.6) is 0 Å². The molecule has 0 aromatic heterocycles. The van der Waals surface area contributed by atoms with Crippen molar-refractivity contribution in [2.24, 2.45) is 10.2 Å². The average molecular weight is 488 g/mol. The first-order valence-electron chi connectivity index (χ1n) is 9.49. The van der Waals surface area contributed by atoms with E-state index in [0.717, 1.165) is 11.3 Å². The molecule has 32 heavy (non-hydrogen) atoms. The molecule has 11 nitrogen and oxygen atoms in total. The number of sulfone groups is 1. The van der Waals surface area contributed by atoms with Gasteiger partial charge in [0.05, 0.1) is 41.8 Å². The molecule has 0 aliphatic rings. The van der Waals surface area contributed by atoms with Gasteiger partial charge in [-0.25, -0.2) is 12.6 Å². The molecule has 2 aromatic rings. The average Bonchev–Trinajstić information content (AvgIpc) is 2.72. The van der Waals surface area contributed by atoms with E-state index in [1.807, 2.05) is 17.9 Å². The van der Waals surface area contributed by atoms with Gasteiger partial charge >= 0.3 is 10.4 Å². The van der Waals surface area contributed by atoms with Crippen LogP contribution < -0.4 is 4.90 Å². The van der Waals surface area contributed by atoms with Gasteiger partial charge in [-0.05, 0) is 55.0 Å². The second-order valence-electron chi connectivity index (χ2n) is 6.67. The van der Waals surface area contributed by atoms with Crippen molar-refractivity contribution in [2.75, 3.05) is 43.6 Å². The third-order valence-corrected chi connectivity index (χ3v) is 6.50. The molecule has 0 atom stereocenters. The Labute approximate surface area is 186 Å². The van der Waals surface area contributed by atoms with Gasteiger partial charge in [0.1, 0.15) is 0 Å². The normalized spacial score (nSPS) is 12.4. The molecule has 0 radical (unpaired) electrons. The van der Waals surface area contributed by atoms with Crippen LogP contribution in [-0.4, -0.2) is 70.3 Å². The van der Waals surface area contributed by atoms with Crippen molar-refractivity contribution < 1.29 is 35.8 Å². The van der Waals surface area contributed by atoms with Crippen molar-refractivity contribution >= 4 is 37.3 Å². The summed E-state index contributed by atoms with van der Waals surface area (Å²) in [7, 11) is -8.51. The largest absolute Gasteiger partial charge is 0.397 e. The van der Waals surface area contributed by atoms with Gasteiger partial charge < -0.3 is 15.1 Å². The van der Waals surface area contributed by atoms with Crippen LogP contribution in [0.4, 0.5) is 17.1 Å². The Kier molecular flexibility index (Phi) is 9.24. The van der Waals surface area contributed by atoms with Gasteiger partial charge in [-0.15, -0.1) is 0 Å². The van der Waals surface area contributed by atoms with Gasteiger partial charge in [-0.1, -0.05) is 0 Å². The molecule has 0 saturated carbocycles. The van der Waals surface area contributed by atoms with E-state index in [9.17, 15) is 16.8 Å². The highest BCUT2D eigenvalue weighted by Gasteiger charge is 2.16. The second-order valence-corrected chi connectivity index (χ2v) is 9.87. The Morgan fingerprint density at radius 1 is 0.938 bits per heavy atom. The highest BCUT2D eigenvalue weighted by molar-refractivity contribution is 7.91. The first-order chi connectivity index (χ1) is 15.1. The number of aliphatic hydroxyl groups excluding tert-OH is 2. The molecular formula is C19H25N3O8S2. The van der Waals surface area contributed by atoms with E-state index in [4.69, 9.17) is 14.8 Å². The minimum Gasteiger partial charge on any atom is -0.395 e. The molecule has 0 aliphatic carbocycles. The van der Waals surface area contributed by atoms with Crippen molar-refractivity contribution in [3.8, 4) is 0 Å². The second kappa shape index (κ2) is 11.4. The maximum atomic E-state index is 12.2. The minimum absolute atomic E-state index is 0.0419. The maximum absolute atomic E-state index is 12.2. The fraction of sp³-hybridized carbons (Fsp3) is 0.368. The Bertz CT molecular complexity index is 1130. The molecule has 0 spiro atoms. The summed E-state index contributed by atoms with van der Waals surface area (Å²) < 4.78 is 57.9. The highest BCUT2D eigenvalue weighted by atomic mass is 32.3. The lowest BCUT2D eigenvalue weighted by molar-refractivity contribution is 0.281. The summed E-state index contributed by atoms with van der Waals surface area (Å²) in [6.45, 7) is 1.83. The van der Waals surface area contributed by atoms with Crippen LogP contribution in [0.1, 0.15) is 5.56 Å². The molecule has 0 heterocycles. The van der Waals surface area contributed by atoms with E-state index in [2.05, 4.69) is 14.4 Å². The zero-order chi connectivity index (χ0) is 23.8. The predicted octanol–water partition coefficient (Wildman–Crippen LogP) is 1.79. The van der Waals surface area contributed by atoms with Crippen LogP contribution in [0.25, 0.3) is 0 Å². The fourth-order valence-electron chi connectivity index (χ4n) is 2.76. The van der Waals surface area contributed by atoms with Gasteiger partial charge in [0, 0.05) is 18.8 Å². The molecule has 2 rings (SSSR count). The molecular weight excluding hydrogens is 462 g/mol. The summed E-state index contributed by atoms with van der Waals surface area (Å²) in [5.74, 6) is -0.622. The van der Waals surface area contributed by atoms with Crippen LogP contribution in [0.3, 0.4) is 0 Å². The smallest absolute Gasteiger partial charge is 0.395 e. The molecule has 0 amide bonds. The van der Waals surface area contributed by atoms with E-state index < -0.39 is 32.6 Å². The number of hydrogen-bond donors (Lipinski definition) is 3. The molecule has 176 valence electrons. The van der Waals surface area contributed by atoms with Gasteiger partial charge in [0.2, 0.25) is 0 Å². The summed E-state index contributed by atoms with van der Waals surface area (Å²) in [4.78, 5) is 1.79. The van der Waals surface area contributed by atoms with Crippen molar-refractivity contribution in [1.82, 2.24) is 0 Å². The number of aliphatic hydroxyl groups is 2. The lowest BCUT2D eigenvalue weighted by Gasteiger charge is -2.23. The number of hydrogen-bond acceptors (Lipinski definition) is 10. The summed E-state index contributed by atoms with van der Waals surface area (Å²) >= 11 is 0. The van der Waals surface area contributed by atoms with E-state index in [0.29, 0.717) is 24.5 Å². The van der Waals surface area contributed by atoms with Crippen LogP contribution in [0.15, 0.2) is 57.6 Å². The van der Waals surface area contributed by atoms with Crippen LogP contribution >= 0.6 is 0 Å². The monoisotopic (exact) mass is 487 g/mol. The van der Waals surface area contributed by atoms with Crippen molar-refractivity contribution in [1.29, 1.82) is 0 Å². The predicted molar refractivity (Wildman–Crippen MR) is 118 cm³/mol. The van der Waals surface area contributed by atoms with E-state index >= 15 is 0 Å². The molecule has 0 fully saturated rings. The summed E-state index contributed by atoms with van der Waals surface area (Å²) in [5, 5.41) is 26.6. The number of aryl methyl sites for hydroxylation is 1. The van der Waals surface area contributed by atoms with Crippen molar-refractivity contribution in [2.45, 2.75) is 11.8 Å². The highest BCUT2D eigenvalue weighted by Crippen LogP contribution is 2.27. The Balaban J connectivity index is 2.09. The molecule has 0 bridgehead atoms. The number of anilines is 1. The van der Waals surface area contributed by atoms with Gasteiger partial charge in [0.15, 0.2) is 9.84 Å². The summed E-state index contributed by atoms with van der Waals surface area (Å²) in [6.07, 6.45) is 0. The number of azo groups is 1. The first kappa shape index (κ1) is 25.8. The van der Waals surface area contributed by atoms with Gasteiger partial charge in [0.25, 0.3) is 0 Å². The topological polar surface area (TPSA) is 166 Å². The lowest BCUT2D eigenvalue weighted by atomic mass is 10.1. The van der Waals surface area contributed by atoms with Gasteiger partial charge in [-0.2, -0.15) is 18.6 Å². The Hall–Kier alpha value is -2.42. The molecule has 13 heteroatoms. The summed E-state index contributed by atoms with van der Waals surface area (Å²) in [5.41, 5.74) is 2.66. The zero-order valence-corrected chi connectivity index (χ0v) is 19.0. The molecule has 0 unspecified atom stereocenters.